The number of morpholine rings is 1. The predicted octanol–water partition coefficient (Wildman–Crippen LogP) is 4.60. The van der Waals surface area contributed by atoms with E-state index in [9.17, 15) is 4.79 Å². The molecule has 172 valence electrons. The molecular weight excluding hydrogens is 469 g/mol. The minimum Gasteiger partial charge on any atom is -0.494 e. The summed E-state index contributed by atoms with van der Waals surface area (Å²) in [4.78, 5) is 22.3. The second-order valence-electron chi connectivity index (χ2n) is 7.59. The molecule has 1 aliphatic heterocycles. The number of nitrogens with zero attached hydrogens (tertiary/aromatic N) is 3. The molecule has 6 nitrogen and oxygen atoms in total. The number of halogens is 2. The molecule has 1 amide bonds. The first-order valence-corrected chi connectivity index (χ1v) is 11.5. The average Bonchev–Trinajstić information content (AvgIpc) is 3.21. The van der Waals surface area contributed by atoms with Crippen LogP contribution in [0.3, 0.4) is 0 Å². The predicted molar refractivity (Wildman–Crippen MR) is 133 cm³/mol. The number of carbonyl (C=O) groups is 1. The zero-order valence-corrected chi connectivity index (χ0v) is 20.6. The maximum absolute atomic E-state index is 13.4. The van der Waals surface area contributed by atoms with Gasteiger partial charge in [-0.15, -0.1) is 12.4 Å². The zero-order valence-electron chi connectivity index (χ0n) is 18.2. The van der Waals surface area contributed by atoms with Gasteiger partial charge in [-0.3, -0.25) is 14.6 Å². The van der Waals surface area contributed by atoms with Gasteiger partial charge in [-0.25, -0.2) is 4.98 Å². The first-order chi connectivity index (χ1) is 15.0. The number of ether oxygens (including phenoxy) is 2. The number of benzene rings is 2. The molecule has 0 saturated carbocycles. The topological polar surface area (TPSA) is 54.9 Å². The quantitative estimate of drug-likeness (QED) is 0.479. The van der Waals surface area contributed by atoms with Crippen LogP contribution in [0.2, 0.25) is 5.02 Å². The third-order valence-electron chi connectivity index (χ3n) is 5.38. The average molecular weight is 496 g/mol. The van der Waals surface area contributed by atoms with Gasteiger partial charge in [0.2, 0.25) is 5.91 Å². The summed E-state index contributed by atoms with van der Waals surface area (Å²) in [7, 11) is 1.61. The number of hydrogen-bond donors (Lipinski definition) is 0. The number of aryl methyl sites for hydroxylation is 1. The number of amides is 1. The second kappa shape index (κ2) is 11.3. The van der Waals surface area contributed by atoms with Crippen molar-refractivity contribution in [2.24, 2.45) is 0 Å². The summed E-state index contributed by atoms with van der Waals surface area (Å²) in [5.41, 5.74) is 2.83. The molecule has 0 radical (unpaired) electrons. The van der Waals surface area contributed by atoms with Crippen LogP contribution in [0.25, 0.3) is 10.2 Å². The van der Waals surface area contributed by atoms with Gasteiger partial charge in [-0.2, -0.15) is 0 Å². The normalized spacial score (nSPS) is 14.2. The lowest BCUT2D eigenvalue weighted by Crippen LogP contribution is -2.43. The van der Waals surface area contributed by atoms with E-state index in [1.807, 2.05) is 25.1 Å². The Hall–Kier alpha value is -1.90. The molecule has 3 aromatic rings. The molecule has 4 rings (SSSR count). The Labute approximate surface area is 203 Å². The van der Waals surface area contributed by atoms with Gasteiger partial charge in [0.1, 0.15) is 11.3 Å². The van der Waals surface area contributed by atoms with Crippen molar-refractivity contribution in [3.63, 3.8) is 0 Å². The van der Waals surface area contributed by atoms with Crippen LogP contribution in [0.1, 0.15) is 11.1 Å². The third-order valence-corrected chi connectivity index (χ3v) is 6.92. The summed E-state index contributed by atoms with van der Waals surface area (Å²) in [6.45, 7) is 6.56. The lowest BCUT2D eigenvalue weighted by atomic mass is 10.1. The van der Waals surface area contributed by atoms with Crippen molar-refractivity contribution in [1.82, 2.24) is 9.88 Å². The van der Waals surface area contributed by atoms with Gasteiger partial charge in [-0.05, 0) is 24.6 Å². The van der Waals surface area contributed by atoms with Gasteiger partial charge < -0.3 is 9.47 Å². The van der Waals surface area contributed by atoms with Crippen molar-refractivity contribution in [3.05, 3.63) is 52.5 Å². The number of carbonyl (C=O) groups excluding carboxylic acids is 1. The third kappa shape index (κ3) is 5.71. The van der Waals surface area contributed by atoms with Crippen LogP contribution in [0.4, 0.5) is 5.13 Å². The number of anilines is 1. The molecule has 0 bridgehead atoms. The van der Waals surface area contributed by atoms with E-state index < -0.39 is 0 Å². The summed E-state index contributed by atoms with van der Waals surface area (Å²) in [6, 6.07) is 11.7. The molecule has 1 aromatic heterocycles. The fraction of sp³-hybridized carbons (Fsp3) is 0.391. The molecule has 0 atom stereocenters. The second-order valence-corrected chi connectivity index (χ2v) is 8.97. The summed E-state index contributed by atoms with van der Waals surface area (Å²) in [5, 5.41) is 1.26. The van der Waals surface area contributed by atoms with Crippen LogP contribution in [-0.4, -0.2) is 62.3 Å². The number of methoxy groups -OCH3 is 1. The van der Waals surface area contributed by atoms with Gasteiger partial charge in [0.05, 0.1) is 36.5 Å². The van der Waals surface area contributed by atoms with Crippen LogP contribution < -0.4 is 9.64 Å². The molecule has 0 aliphatic carbocycles. The van der Waals surface area contributed by atoms with E-state index in [1.165, 1.54) is 11.3 Å². The van der Waals surface area contributed by atoms with Gasteiger partial charge in [0.25, 0.3) is 0 Å². The number of rotatable bonds is 7. The van der Waals surface area contributed by atoms with E-state index in [0.29, 0.717) is 34.4 Å². The van der Waals surface area contributed by atoms with Gasteiger partial charge in [0.15, 0.2) is 5.13 Å². The number of thiazole rings is 1. The van der Waals surface area contributed by atoms with Crippen LogP contribution in [0.5, 0.6) is 5.75 Å². The first-order valence-electron chi connectivity index (χ1n) is 10.3. The van der Waals surface area contributed by atoms with Crippen molar-refractivity contribution in [2.75, 3.05) is 51.4 Å². The van der Waals surface area contributed by atoms with Gasteiger partial charge in [-0.1, -0.05) is 52.8 Å². The lowest BCUT2D eigenvalue weighted by Gasteiger charge is -2.29. The molecule has 1 fully saturated rings. The van der Waals surface area contributed by atoms with Crippen molar-refractivity contribution < 1.29 is 14.3 Å². The molecule has 0 spiro atoms. The zero-order chi connectivity index (χ0) is 21.8. The van der Waals surface area contributed by atoms with Gasteiger partial charge >= 0.3 is 0 Å². The molecule has 0 unspecified atom stereocenters. The fourth-order valence-electron chi connectivity index (χ4n) is 3.71. The van der Waals surface area contributed by atoms with Crippen LogP contribution >= 0.6 is 35.3 Å². The number of hydrogen-bond acceptors (Lipinski definition) is 6. The van der Waals surface area contributed by atoms with Crippen molar-refractivity contribution >= 4 is 56.6 Å². The Bertz CT molecular complexity index is 1070. The maximum Gasteiger partial charge on any atom is 0.233 e. The van der Waals surface area contributed by atoms with Gasteiger partial charge in [0, 0.05) is 26.2 Å². The van der Waals surface area contributed by atoms with Crippen LogP contribution in [0, 0.1) is 6.92 Å². The summed E-state index contributed by atoms with van der Waals surface area (Å²) < 4.78 is 11.7. The number of fused-ring (bicyclic) bond motifs is 1. The fourth-order valence-corrected chi connectivity index (χ4v) is 5.01. The van der Waals surface area contributed by atoms with Crippen molar-refractivity contribution in [2.45, 2.75) is 13.3 Å². The van der Waals surface area contributed by atoms with E-state index in [2.05, 4.69) is 11.0 Å². The molecule has 0 N–H and O–H groups in total. The Kier molecular flexibility index (Phi) is 8.73. The summed E-state index contributed by atoms with van der Waals surface area (Å²) in [5.74, 6) is 0.675. The summed E-state index contributed by atoms with van der Waals surface area (Å²) in [6.07, 6.45) is 0.325. The SMILES string of the molecule is COc1ccc(Cl)c2sc(N(CCN3CCOCC3)C(=O)Cc3cccc(C)c3)nc12.Cl. The van der Waals surface area contributed by atoms with Crippen molar-refractivity contribution in [3.8, 4) is 5.75 Å². The Morgan fingerprint density at radius 3 is 2.78 bits per heavy atom. The van der Waals surface area contributed by atoms with E-state index in [1.54, 1.807) is 24.1 Å². The minimum atomic E-state index is 0. The standard InChI is InChI=1S/C23H26ClN3O3S.ClH/c1-16-4-3-5-17(14-16)15-20(28)27(9-8-26-10-12-30-13-11-26)23-25-21-19(29-2)7-6-18(24)22(21)31-23;/h3-7,14H,8-13,15H2,1-2H3;1H. The lowest BCUT2D eigenvalue weighted by molar-refractivity contribution is -0.118. The maximum atomic E-state index is 13.4. The van der Waals surface area contributed by atoms with E-state index in [-0.39, 0.29) is 18.3 Å². The summed E-state index contributed by atoms with van der Waals surface area (Å²) >= 11 is 7.85. The minimum absolute atomic E-state index is 0. The highest BCUT2D eigenvalue weighted by atomic mass is 35.5. The largest absolute Gasteiger partial charge is 0.494 e. The monoisotopic (exact) mass is 495 g/mol. The first kappa shape index (κ1) is 24.7. The molecular formula is C23H27Cl2N3O3S. The van der Waals surface area contributed by atoms with E-state index in [4.69, 9.17) is 26.1 Å². The molecule has 1 saturated heterocycles. The molecule has 1 aliphatic rings. The Balaban J connectivity index is 0.00000289. The highest BCUT2D eigenvalue weighted by molar-refractivity contribution is 7.23. The molecule has 32 heavy (non-hydrogen) atoms. The Morgan fingerprint density at radius 1 is 1.28 bits per heavy atom. The highest BCUT2D eigenvalue weighted by Crippen LogP contribution is 2.38. The molecule has 2 aromatic carbocycles. The van der Waals surface area contributed by atoms with Crippen molar-refractivity contribution in [1.29, 1.82) is 0 Å². The number of aromatic nitrogens is 1. The smallest absolute Gasteiger partial charge is 0.233 e. The highest BCUT2D eigenvalue weighted by Gasteiger charge is 2.23. The Morgan fingerprint density at radius 2 is 2.06 bits per heavy atom. The molecule has 9 heteroatoms. The van der Waals surface area contributed by atoms with E-state index in [0.717, 1.165) is 48.7 Å². The van der Waals surface area contributed by atoms with Crippen LogP contribution in [-0.2, 0) is 16.0 Å². The van der Waals surface area contributed by atoms with Crippen LogP contribution in [0.15, 0.2) is 36.4 Å². The molecule has 2 heterocycles. The van der Waals surface area contributed by atoms with E-state index >= 15 is 0 Å².